The zero-order valence-electron chi connectivity index (χ0n) is 9.38. The third kappa shape index (κ3) is 1.92. The standard InChI is InChI=1S/C14H9IN2O/c15-10-6-7-13-12(8-10)14(18)17(9-16-13)11-4-2-1-3-5-11/h1-9H. The van der Waals surface area contributed by atoms with Gasteiger partial charge in [0.1, 0.15) is 6.33 Å². The highest BCUT2D eigenvalue weighted by Crippen LogP contribution is 2.13. The van der Waals surface area contributed by atoms with Crippen LogP contribution in [0, 0.1) is 3.57 Å². The van der Waals surface area contributed by atoms with E-state index in [4.69, 9.17) is 0 Å². The highest BCUT2D eigenvalue weighted by molar-refractivity contribution is 14.1. The van der Waals surface area contributed by atoms with Gasteiger partial charge in [-0.05, 0) is 52.9 Å². The Morgan fingerprint density at radius 1 is 1.06 bits per heavy atom. The summed E-state index contributed by atoms with van der Waals surface area (Å²) in [4.78, 5) is 16.7. The van der Waals surface area contributed by atoms with Crippen LogP contribution in [-0.4, -0.2) is 9.55 Å². The molecular formula is C14H9IN2O. The molecule has 3 rings (SSSR count). The fraction of sp³-hybridized carbons (Fsp3) is 0. The molecule has 3 aromatic rings. The van der Waals surface area contributed by atoms with Gasteiger partial charge in [-0.2, -0.15) is 0 Å². The van der Waals surface area contributed by atoms with Crippen molar-refractivity contribution in [1.29, 1.82) is 0 Å². The number of hydrogen-bond donors (Lipinski definition) is 0. The molecule has 0 fully saturated rings. The highest BCUT2D eigenvalue weighted by Gasteiger charge is 2.05. The lowest BCUT2D eigenvalue weighted by atomic mass is 10.2. The van der Waals surface area contributed by atoms with Gasteiger partial charge in [0.15, 0.2) is 0 Å². The van der Waals surface area contributed by atoms with E-state index < -0.39 is 0 Å². The molecule has 0 spiro atoms. The van der Waals surface area contributed by atoms with Gasteiger partial charge in [0.2, 0.25) is 0 Å². The molecule has 1 aromatic heterocycles. The summed E-state index contributed by atoms with van der Waals surface area (Å²) in [5.41, 5.74) is 1.52. The Morgan fingerprint density at radius 2 is 1.83 bits per heavy atom. The van der Waals surface area contributed by atoms with Crippen LogP contribution in [0.5, 0.6) is 0 Å². The monoisotopic (exact) mass is 348 g/mol. The average Bonchev–Trinajstić information content (AvgIpc) is 2.41. The number of rotatable bonds is 1. The number of para-hydroxylation sites is 1. The minimum Gasteiger partial charge on any atom is -0.268 e. The molecule has 0 aliphatic heterocycles. The van der Waals surface area contributed by atoms with E-state index in [0.29, 0.717) is 5.39 Å². The quantitative estimate of drug-likeness (QED) is 0.634. The molecule has 0 saturated carbocycles. The number of hydrogen-bond acceptors (Lipinski definition) is 2. The maximum absolute atomic E-state index is 12.4. The van der Waals surface area contributed by atoms with Crippen LogP contribution in [-0.2, 0) is 0 Å². The van der Waals surface area contributed by atoms with E-state index >= 15 is 0 Å². The van der Waals surface area contributed by atoms with Gasteiger partial charge in [-0.3, -0.25) is 9.36 Å². The van der Waals surface area contributed by atoms with Gasteiger partial charge in [0, 0.05) is 3.57 Å². The van der Waals surface area contributed by atoms with Crippen LogP contribution in [0.4, 0.5) is 0 Å². The van der Waals surface area contributed by atoms with Crippen LogP contribution in [0.3, 0.4) is 0 Å². The molecule has 0 bridgehead atoms. The first-order chi connectivity index (χ1) is 8.75. The van der Waals surface area contributed by atoms with Crippen LogP contribution in [0.1, 0.15) is 0 Å². The minimum absolute atomic E-state index is 0.0373. The van der Waals surface area contributed by atoms with Crippen molar-refractivity contribution in [2.45, 2.75) is 0 Å². The summed E-state index contributed by atoms with van der Waals surface area (Å²) in [5.74, 6) is 0. The molecule has 0 aliphatic carbocycles. The lowest BCUT2D eigenvalue weighted by Crippen LogP contribution is -2.18. The minimum atomic E-state index is -0.0373. The lowest BCUT2D eigenvalue weighted by Gasteiger charge is -2.06. The molecule has 18 heavy (non-hydrogen) atoms. The van der Waals surface area contributed by atoms with Crippen molar-refractivity contribution in [3.8, 4) is 5.69 Å². The Bertz CT molecular complexity index is 766. The maximum Gasteiger partial charge on any atom is 0.265 e. The smallest absolute Gasteiger partial charge is 0.265 e. The average molecular weight is 348 g/mol. The van der Waals surface area contributed by atoms with Gasteiger partial charge < -0.3 is 0 Å². The Morgan fingerprint density at radius 3 is 2.61 bits per heavy atom. The van der Waals surface area contributed by atoms with E-state index in [0.717, 1.165) is 14.8 Å². The van der Waals surface area contributed by atoms with Crippen molar-refractivity contribution in [1.82, 2.24) is 9.55 Å². The van der Waals surface area contributed by atoms with Crippen molar-refractivity contribution in [3.05, 3.63) is 68.8 Å². The van der Waals surface area contributed by atoms with Gasteiger partial charge in [0.25, 0.3) is 5.56 Å². The van der Waals surface area contributed by atoms with Crippen LogP contribution in [0.2, 0.25) is 0 Å². The predicted octanol–water partition coefficient (Wildman–Crippen LogP) is 2.99. The molecule has 0 saturated heterocycles. The van der Waals surface area contributed by atoms with Gasteiger partial charge >= 0.3 is 0 Å². The number of aromatic nitrogens is 2. The summed E-state index contributed by atoms with van der Waals surface area (Å²) in [6, 6.07) is 15.2. The molecule has 2 aromatic carbocycles. The molecule has 88 valence electrons. The predicted molar refractivity (Wildman–Crippen MR) is 80.1 cm³/mol. The molecule has 0 aliphatic rings. The van der Waals surface area contributed by atoms with Crippen molar-refractivity contribution >= 4 is 33.5 Å². The topological polar surface area (TPSA) is 34.9 Å². The molecule has 0 atom stereocenters. The zero-order valence-corrected chi connectivity index (χ0v) is 11.5. The molecule has 1 heterocycles. The Labute approximate surface area is 117 Å². The Balaban J connectivity index is 2.33. The number of benzene rings is 2. The first-order valence-electron chi connectivity index (χ1n) is 5.48. The second-order valence-corrected chi connectivity index (χ2v) is 5.16. The fourth-order valence-corrected chi connectivity index (χ4v) is 2.36. The highest BCUT2D eigenvalue weighted by atomic mass is 127. The number of nitrogens with zero attached hydrogens (tertiary/aromatic N) is 2. The van der Waals surface area contributed by atoms with Crippen LogP contribution in [0.15, 0.2) is 59.7 Å². The van der Waals surface area contributed by atoms with Crippen LogP contribution in [0.25, 0.3) is 16.6 Å². The van der Waals surface area contributed by atoms with E-state index in [2.05, 4.69) is 27.6 Å². The van der Waals surface area contributed by atoms with Crippen molar-refractivity contribution in [3.63, 3.8) is 0 Å². The first kappa shape index (κ1) is 11.4. The molecule has 0 N–H and O–H groups in total. The molecular weight excluding hydrogens is 339 g/mol. The Kier molecular flexibility index (Phi) is 2.87. The summed E-state index contributed by atoms with van der Waals surface area (Å²) in [6.07, 6.45) is 1.58. The summed E-state index contributed by atoms with van der Waals surface area (Å²) in [5, 5.41) is 0.647. The Hall–Kier alpha value is -1.69. The molecule has 0 unspecified atom stereocenters. The molecule has 3 nitrogen and oxygen atoms in total. The third-order valence-corrected chi connectivity index (χ3v) is 3.43. The van der Waals surface area contributed by atoms with E-state index in [9.17, 15) is 4.79 Å². The van der Waals surface area contributed by atoms with Crippen molar-refractivity contribution < 1.29 is 0 Å². The number of fused-ring (bicyclic) bond motifs is 1. The summed E-state index contributed by atoms with van der Waals surface area (Å²) >= 11 is 2.20. The first-order valence-corrected chi connectivity index (χ1v) is 6.56. The largest absolute Gasteiger partial charge is 0.268 e. The van der Waals surface area contributed by atoms with Crippen molar-refractivity contribution in [2.75, 3.05) is 0 Å². The second kappa shape index (κ2) is 4.53. The SMILES string of the molecule is O=c1c2cc(I)ccc2ncn1-c1ccccc1. The molecule has 0 radical (unpaired) electrons. The third-order valence-electron chi connectivity index (χ3n) is 2.75. The normalized spacial score (nSPS) is 10.7. The van der Waals surface area contributed by atoms with Crippen LogP contribution >= 0.6 is 22.6 Å². The van der Waals surface area contributed by atoms with Crippen LogP contribution < -0.4 is 5.56 Å². The van der Waals surface area contributed by atoms with Crippen molar-refractivity contribution in [2.24, 2.45) is 0 Å². The summed E-state index contributed by atoms with van der Waals surface area (Å²) in [7, 11) is 0. The van der Waals surface area contributed by atoms with E-state index in [1.807, 2.05) is 48.5 Å². The summed E-state index contributed by atoms with van der Waals surface area (Å²) < 4.78 is 2.60. The lowest BCUT2D eigenvalue weighted by molar-refractivity contribution is 0.963. The molecule has 0 amide bonds. The van der Waals surface area contributed by atoms with E-state index in [1.165, 1.54) is 0 Å². The van der Waals surface area contributed by atoms with Gasteiger partial charge in [0.05, 0.1) is 16.6 Å². The maximum atomic E-state index is 12.4. The second-order valence-electron chi connectivity index (χ2n) is 3.92. The zero-order chi connectivity index (χ0) is 12.5. The van der Waals surface area contributed by atoms with Gasteiger partial charge in [-0.15, -0.1) is 0 Å². The van der Waals surface area contributed by atoms with Gasteiger partial charge in [-0.25, -0.2) is 4.98 Å². The molecule has 4 heteroatoms. The van der Waals surface area contributed by atoms with Gasteiger partial charge in [-0.1, -0.05) is 18.2 Å². The van der Waals surface area contributed by atoms with E-state index in [-0.39, 0.29) is 5.56 Å². The summed E-state index contributed by atoms with van der Waals surface area (Å²) in [6.45, 7) is 0. The number of halogens is 1. The van der Waals surface area contributed by atoms with E-state index in [1.54, 1.807) is 10.9 Å². The fourth-order valence-electron chi connectivity index (χ4n) is 1.87.